The van der Waals surface area contributed by atoms with Crippen LogP contribution in [0.3, 0.4) is 0 Å². The molecule has 0 radical (unpaired) electrons. The Morgan fingerprint density at radius 3 is 1.12 bits per heavy atom. The fourth-order valence-corrected chi connectivity index (χ4v) is 8.79. The fourth-order valence-electron chi connectivity index (χ4n) is 8.79. The molecule has 0 amide bonds. The number of para-hydroxylation sites is 4. The van der Waals surface area contributed by atoms with Crippen molar-refractivity contribution in [1.29, 1.82) is 0 Å². The molecule has 0 saturated carbocycles. The van der Waals surface area contributed by atoms with E-state index in [9.17, 15) is 0 Å². The maximum absolute atomic E-state index is 5.54. The molecule has 0 saturated heterocycles. The van der Waals surface area contributed by atoms with Gasteiger partial charge in [0.1, 0.15) is 0 Å². The first-order valence-corrected chi connectivity index (χ1v) is 19.4. The smallest absolute Gasteiger partial charge is 0.0933 e. The van der Waals surface area contributed by atoms with Gasteiger partial charge in [0.05, 0.1) is 22.8 Å². The minimum atomic E-state index is -0.330. The van der Waals surface area contributed by atoms with Gasteiger partial charge in [0.2, 0.25) is 0 Å². The van der Waals surface area contributed by atoms with Gasteiger partial charge < -0.3 is 9.80 Å². The number of fused-ring (bicyclic) bond motifs is 6. The number of nitrogens with zero attached hydrogens (tertiary/aromatic N) is 4. The number of hydrogen-bond donors (Lipinski definition) is 0. The molecule has 2 aliphatic carbocycles. The first-order valence-electron chi connectivity index (χ1n) is 19.4. The van der Waals surface area contributed by atoms with Crippen molar-refractivity contribution >= 4 is 34.1 Å². The third-order valence-electron chi connectivity index (χ3n) is 11.7. The van der Waals surface area contributed by atoms with Gasteiger partial charge in [-0.3, -0.25) is 0 Å². The summed E-state index contributed by atoms with van der Waals surface area (Å²) in [5.41, 5.74) is 17.4. The Balaban J connectivity index is 1.00. The Kier molecular flexibility index (Phi) is 7.79. The van der Waals surface area contributed by atoms with Gasteiger partial charge in [-0.15, -0.1) is 0 Å². The van der Waals surface area contributed by atoms with E-state index in [-0.39, 0.29) is 10.8 Å². The average Bonchev–Trinajstić information content (AvgIpc) is 3.60. The summed E-state index contributed by atoms with van der Waals surface area (Å²) >= 11 is 0. The highest BCUT2D eigenvalue weighted by molar-refractivity contribution is 5.87. The monoisotopic (exact) mass is 722 g/mol. The summed E-state index contributed by atoms with van der Waals surface area (Å²) in [6, 6.07) is 64.9. The molecule has 0 unspecified atom stereocenters. The second kappa shape index (κ2) is 12.9. The third-order valence-corrected chi connectivity index (χ3v) is 11.7. The van der Waals surface area contributed by atoms with Crippen LogP contribution in [0.1, 0.15) is 50.2 Å². The Morgan fingerprint density at radius 1 is 0.339 bits per heavy atom. The molecule has 0 aliphatic heterocycles. The van der Waals surface area contributed by atoms with E-state index in [1.165, 1.54) is 27.8 Å². The summed E-state index contributed by atoms with van der Waals surface area (Å²) in [7, 11) is 0. The number of hydrogen-bond acceptors (Lipinski definition) is 4. The highest BCUT2D eigenvalue weighted by Crippen LogP contribution is 2.54. The molecule has 270 valence electrons. The minimum Gasteiger partial charge on any atom is -0.311 e. The Bertz CT molecular complexity index is 2640. The normalized spacial score (nSPS) is 14.0. The molecule has 1 aromatic heterocycles. The zero-order chi connectivity index (χ0) is 38.0. The quantitative estimate of drug-likeness (QED) is 0.164. The van der Waals surface area contributed by atoms with Gasteiger partial charge in [-0.05, 0) is 101 Å². The van der Waals surface area contributed by atoms with Gasteiger partial charge in [0.15, 0.2) is 0 Å². The topological polar surface area (TPSA) is 32.3 Å². The van der Waals surface area contributed by atoms with E-state index < -0.39 is 0 Å². The molecular formula is C52H42N4. The number of anilines is 6. The van der Waals surface area contributed by atoms with Crippen LogP contribution >= 0.6 is 0 Å². The summed E-state index contributed by atoms with van der Waals surface area (Å²) in [6.45, 7) is 9.18. The lowest BCUT2D eigenvalue weighted by atomic mass is 9.84. The van der Waals surface area contributed by atoms with Crippen molar-refractivity contribution in [1.82, 2.24) is 9.97 Å². The second-order valence-electron chi connectivity index (χ2n) is 15.9. The standard InChI is InChI=1S/C52H42N4/c1-51(2)45-33-36(35-25-28-41(29-26-35)55(37-17-9-5-10-18-37)38-19-11-6-12-20-38)27-31-43(45)47-49(51)54-48-44-32-30-42(34-46(44)52(3,4)50(48)53-47)56(39-21-13-7-14-22-39)40-23-15-8-16-24-40/h5-34H,1-4H3. The fraction of sp³-hybridized carbons (Fsp3) is 0.115. The molecule has 1 heterocycles. The van der Waals surface area contributed by atoms with E-state index >= 15 is 0 Å². The molecule has 0 atom stereocenters. The van der Waals surface area contributed by atoms with Gasteiger partial charge >= 0.3 is 0 Å². The number of rotatable bonds is 7. The first kappa shape index (κ1) is 33.8. The van der Waals surface area contributed by atoms with Crippen molar-refractivity contribution < 1.29 is 0 Å². The van der Waals surface area contributed by atoms with Crippen LogP contribution in [0.2, 0.25) is 0 Å². The molecule has 56 heavy (non-hydrogen) atoms. The van der Waals surface area contributed by atoms with Crippen molar-refractivity contribution in [2.45, 2.75) is 38.5 Å². The maximum Gasteiger partial charge on any atom is 0.0933 e. The van der Waals surface area contributed by atoms with Gasteiger partial charge in [-0.2, -0.15) is 0 Å². The molecule has 10 rings (SSSR count). The number of benzene rings is 7. The van der Waals surface area contributed by atoms with Crippen molar-refractivity contribution in [2.75, 3.05) is 9.80 Å². The molecule has 0 bridgehead atoms. The summed E-state index contributed by atoms with van der Waals surface area (Å²) in [6.07, 6.45) is 0. The average molecular weight is 723 g/mol. The maximum atomic E-state index is 5.54. The molecule has 7 aromatic carbocycles. The van der Waals surface area contributed by atoms with E-state index in [1.807, 2.05) is 0 Å². The van der Waals surface area contributed by atoms with Crippen LogP contribution in [0.5, 0.6) is 0 Å². The van der Waals surface area contributed by atoms with Crippen LogP contribution in [0, 0.1) is 0 Å². The lowest BCUT2D eigenvalue weighted by Crippen LogP contribution is -2.20. The van der Waals surface area contributed by atoms with E-state index in [4.69, 9.17) is 9.97 Å². The predicted molar refractivity (Wildman–Crippen MR) is 232 cm³/mol. The van der Waals surface area contributed by atoms with Gasteiger partial charge in [0, 0.05) is 56.1 Å². The Labute approximate surface area is 329 Å². The molecule has 0 fully saturated rings. The Morgan fingerprint density at radius 2 is 0.679 bits per heavy atom. The molecule has 0 N–H and O–H groups in total. The van der Waals surface area contributed by atoms with Crippen LogP contribution < -0.4 is 9.80 Å². The molecule has 0 spiro atoms. The van der Waals surface area contributed by atoms with Gasteiger partial charge in [-0.1, -0.05) is 131 Å². The zero-order valence-electron chi connectivity index (χ0n) is 32.1. The minimum absolute atomic E-state index is 0.315. The summed E-state index contributed by atoms with van der Waals surface area (Å²) in [4.78, 5) is 15.7. The second-order valence-corrected chi connectivity index (χ2v) is 15.9. The third kappa shape index (κ3) is 5.36. The lowest BCUT2D eigenvalue weighted by molar-refractivity contribution is 0.617. The lowest BCUT2D eigenvalue weighted by Gasteiger charge is -2.27. The largest absolute Gasteiger partial charge is 0.311 e. The van der Waals surface area contributed by atoms with E-state index in [2.05, 4.69) is 219 Å². The number of aromatic nitrogens is 2. The van der Waals surface area contributed by atoms with Crippen molar-refractivity contribution in [3.05, 3.63) is 205 Å². The molecule has 4 heteroatoms. The van der Waals surface area contributed by atoms with Gasteiger partial charge in [0.25, 0.3) is 0 Å². The van der Waals surface area contributed by atoms with E-state index in [0.29, 0.717) is 0 Å². The van der Waals surface area contributed by atoms with E-state index in [0.717, 1.165) is 62.5 Å². The highest BCUT2D eigenvalue weighted by Gasteiger charge is 2.44. The molecule has 2 aliphatic rings. The van der Waals surface area contributed by atoms with Crippen LogP contribution in [-0.2, 0) is 10.8 Å². The first-order chi connectivity index (χ1) is 27.3. The molecule has 4 nitrogen and oxygen atoms in total. The van der Waals surface area contributed by atoms with Crippen molar-refractivity contribution in [3.8, 4) is 33.6 Å². The van der Waals surface area contributed by atoms with Crippen LogP contribution in [0.15, 0.2) is 182 Å². The Hall–Kier alpha value is -6.78. The van der Waals surface area contributed by atoms with Crippen LogP contribution in [0.4, 0.5) is 34.1 Å². The summed E-state index contributed by atoms with van der Waals surface area (Å²) in [5.74, 6) is 0. The summed E-state index contributed by atoms with van der Waals surface area (Å²) < 4.78 is 0. The van der Waals surface area contributed by atoms with Crippen molar-refractivity contribution in [3.63, 3.8) is 0 Å². The van der Waals surface area contributed by atoms with Gasteiger partial charge in [-0.25, -0.2) is 9.97 Å². The van der Waals surface area contributed by atoms with Crippen LogP contribution in [0.25, 0.3) is 33.6 Å². The molecular weight excluding hydrogens is 681 g/mol. The van der Waals surface area contributed by atoms with Crippen LogP contribution in [-0.4, -0.2) is 9.97 Å². The zero-order valence-corrected chi connectivity index (χ0v) is 32.1. The van der Waals surface area contributed by atoms with Crippen molar-refractivity contribution in [2.24, 2.45) is 0 Å². The highest BCUT2D eigenvalue weighted by atomic mass is 15.1. The summed E-state index contributed by atoms with van der Waals surface area (Å²) in [5, 5.41) is 0. The van der Waals surface area contributed by atoms with E-state index in [1.54, 1.807) is 0 Å². The predicted octanol–water partition coefficient (Wildman–Crippen LogP) is 13.7. The SMILES string of the molecule is CC1(C)c2cc(-c3ccc(N(c4ccccc4)c4ccccc4)cc3)ccc2-c2nc3c(nc21)-c1ccc(N(c2ccccc2)c2ccccc2)cc1C3(C)C. The molecule has 8 aromatic rings.